The van der Waals surface area contributed by atoms with Crippen LogP contribution in [-0.4, -0.2) is 11.1 Å². The quantitative estimate of drug-likeness (QED) is 0.845. The molecule has 1 aromatic rings. The van der Waals surface area contributed by atoms with Crippen LogP contribution in [0.15, 0.2) is 12.1 Å². The first-order valence-electron chi connectivity index (χ1n) is 4.60. The van der Waals surface area contributed by atoms with Crippen molar-refractivity contribution in [3.05, 3.63) is 21.3 Å². The van der Waals surface area contributed by atoms with E-state index in [1.54, 1.807) is 0 Å². The van der Waals surface area contributed by atoms with Gasteiger partial charge in [0.25, 0.3) is 0 Å². The van der Waals surface area contributed by atoms with Crippen LogP contribution in [0.25, 0.3) is 0 Å². The van der Waals surface area contributed by atoms with Crippen LogP contribution in [0, 0.1) is 5.92 Å². The molecular weight excluding hydrogens is 220 g/mol. The van der Waals surface area contributed by atoms with Crippen molar-refractivity contribution in [1.82, 2.24) is 0 Å². The summed E-state index contributed by atoms with van der Waals surface area (Å²) in [4.78, 5) is 11.9. The second-order valence-electron chi connectivity index (χ2n) is 3.23. The van der Waals surface area contributed by atoms with Crippen molar-refractivity contribution in [2.45, 2.75) is 26.2 Å². The molecule has 0 fully saturated rings. The number of hydrogen-bond acceptors (Lipinski definition) is 2. The number of aliphatic carboxylic acids is 1. The number of carboxylic acid groups (broad SMARTS) is 1. The fourth-order valence-electron chi connectivity index (χ4n) is 1.37. The molecule has 1 unspecified atom stereocenters. The SMILES string of the molecule is CCCC(Cc1ccc(Cl)s1)C(=O)O. The van der Waals surface area contributed by atoms with Crippen molar-refractivity contribution in [3.8, 4) is 0 Å². The van der Waals surface area contributed by atoms with E-state index in [4.69, 9.17) is 16.7 Å². The van der Waals surface area contributed by atoms with Crippen LogP contribution in [0.2, 0.25) is 4.34 Å². The van der Waals surface area contributed by atoms with E-state index in [1.165, 1.54) is 11.3 Å². The Morgan fingerprint density at radius 3 is 2.79 bits per heavy atom. The highest BCUT2D eigenvalue weighted by Crippen LogP contribution is 2.25. The smallest absolute Gasteiger partial charge is 0.306 e. The standard InChI is InChI=1S/C10H13ClO2S/c1-2-3-7(10(12)13)6-8-4-5-9(11)14-8/h4-5,7H,2-3,6H2,1H3,(H,12,13). The van der Waals surface area contributed by atoms with Gasteiger partial charge in [0.1, 0.15) is 0 Å². The Hall–Kier alpha value is -0.540. The van der Waals surface area contributed by atoms with Gasteiger partial charge in [-0.05, 0) is 25.0 Å². The van der Waals surface area contributed by atoms with Crippen LogP contribution in [0.1, 0.15) is 24.6 Å². The van der Waals surface area contributed by atoms with Crippen LogP contribution >= 0.6 is 22.9 Å². The van der Waals surface area contributed by atoms with Gasteiger partial charge >= 0.3 is 5.97 Å². The predicted octanol–water partition coefficient (Wildman–Crippen LogP) is 3.44. The van der Waals surface area contributed by atoms with Gasteiger partial charge in [-0.3, -0.25) is 4.79 Å². The highest BCUT2D eigenvalue weighted by molar-refractivity contribution is 7.16. The molecule has 0 saturated heterocycles. The third-order valence-corrected chi connectivity index (χ3v) is 3.32. The first-order valence-corrected chi connectivity index (χ1v) is 5.80. The van der Waals surface area contributed by atoms with E-state index in [2.05, 4.69) is 0 Å². The fourth-order valence-corrected chi connectivity index (χ4v) is 2.53. The summed E-state index contributed by atoms with van der Waals surface area (Å²) in [6.45, 7) is 2.00. The molecule has 14 heavy (non-hydrogen) atoms. The lowest BCUT2D eigenvalue weighted by Gasteiger charge is -2.08. The molecule has 0 aliphatic heterocycles. The Kier molecular flexibility index (Phi) is 4.42. The summed E-state index contributed by atoms with van der Waals surface area (Å²) in [5.74, 6) is -0.980. The third-order valence-electron chi connectivity index (χ3n) is 2.06. The number of carboxylic acids is 1. The lowest BCUT2D eigenvalue weighted by atomic mass is 9.99. The Labute approximate surface area is 92.5 Å². The summed E-state index contributed by atoms with van der Waals surface area (Å²) in [5, 5.41) is 8.94. The first kappa shape index (κ1) is 11.5. The molecule has 1 aromatic heterocycles. The zero-order chi connectivity index (χ0) is 10.6. The van der Waals surface area contributed by atoms with E-state index in [0.717, 1.165) is 22.1 Å². The Balaban J connectivity index is 2.59. The molecule has 0 saturated carbocycles. The molecule has 0 amide bonds. The monoisotopic (exact) mass is 232 g/mol. The van der Waals surface area contributed by atoms with E-state index >= 15 is 0 Å². The molecule has 0 aliphatic carbocycles. The number of thiophene rings is 1. The lowest BCUT2D eigenvalue weighted by Crippen LogP contribution is -2.15. The van der Waals surface area contributed by atoms with E-state index in [0.29, 0.717) is 6.42 Å². The minimum absolute atomic E-state index is 0.269. The average molecular weight is 233 g/mol. The summed E-state index contributed by atoms with van der Waals surface area (Å²) in [5.41, 5.74) is 0. The molecule has 2 nitrogen and oxygen atoms in total. The molecule has 1 atom stereocenters. The highest BCUT2D eigenvalue weighted by Gasteiger charge is 2.17. The van der Waals surface area contributed by atoms with E-state index < -0.39 is 5.97 Å². The largest absolute Gasteiger partial charge is 0.481 e. The van der Waals surface area contributed by atoms with E-state index in [1.807, 2.05) is 19.1 Å². The summed E-state index contributed by atoms with van der Waals surface area (Å²) in [6, 6.07) is 3.71. The third kappa shape index (κ3) is 3.31. The number of hydrogen-bond donors (Lipinski definition) is 1. The molecular formula is C10H13ClO2S. The maximum Gasteiger partial charge on any atom is 0.306 e. The molecule has 1 N–H and O–H groups in total. The predicted molar refractivity (Wildman–Crippen MR) is 59.1 cm³/mol. The van der Waals surface area contributed by atoms with Gasteiger partial charge in [-0.15, -0.1) is 11.3 Å². The van der Waals surface area contributed by atoms with Crippen LogP contribution in [0.5, 0.6) is 0 Å². The molecule has 0 radical (unpaired) electrons. The van der Waals surface area contributed by atoms with Gasteiger partial charge in [-0.2, -0.15) is 0 Å². The normalized spacial score (nSPS) is 12.7. The van der Waals surface area contributed by atoms with E-state index in [-0.39, 0.29) is 5.92 Å². The van der Waals surface area contributed by atoms with Crippen molar-refractivity contribution in [1.29, 1.82) is 0 Å². The van der Waals surface area contributed by atoms with E-state index in [9.17, 15) is 4.79 Å². The number of halogens is 1. The van der Waals surface area contributed by atoms with Gasteiger partial charge in [0.05, 0.1) is 10.3 Å². The summed E-state index contributed by atoms with van der Waals surface area (Å²) < 4.78 is 0.723. The van der Waals surface area contributed by atoms with Crippen molar-refractivity contribution >= 4 is 28.9 Å². The minimum atomic E-state index is -0.712. The highest BCUT2D eigenvalue weighted by atomic mass is 35.5. The molecule has 0 aliphatic rings. The molecule has 0 aromatic carbocycles. The maximum absolute atomic E-state index is 10.9. The molecule has 0 bridgehead atoms. The zero-order valence-electron chi connectivity index (χ0n) is 8.00. The maximum atomic E-state index is 10.9. The molecule has 4 heteroatoms. The van der Waals surface area contributed by atoms with Crippen molar-refractivity contribution in [3.63, 3.8) is 0 Å². The van der Waals surface area contributed by atoms with Crippen molar-refractivity contribution in [2.24, 2.45) is 5.92 Å². The van der Waals surface area contributed by atoms with Gasteiger partial charge in [-0.1, -0.05) is 24.9 Å². The van der Waals surface area contributed by atoms with Crippen molar-refractivity contribution < 1.29 is 9.90 Å². The zero-order valence-corrected chi connectivity index (χ0v) is 9.57. The molecule has 0 spiro atoms. The van der Waals surface area contributed by atoms with Crippen LogP contribution in [-0.2, 0) is 11.2 Å². The Morgan fingerprint density at radius 1 is 1.64 bits per heavy atom. The molecule has 78 valence electrons. The molecule has 1 heterocycles. The topological polar surface area (TPSA) is 37.3 Å². The van der Waals surface area contributed by atoms with Gasteiger partial charge in [0.2, 0.25) is 0 Å². The van der Waals surface area contributed by atoms with Crippen molar-refractivity contribution in [2.75, 3.05) is 0 Å². The first-order chi connectivity index (χ1) is 6.63. The summed E-state index contributed by atoms with van der Waals surface area (Å²) in [7, 11) is 0. The number of rotatable bonds is 5. The second kappa shape index (κ2) is 5.37. The molecule has 1 rings (SSSR count). The van der Waals surface area contributed by atoms with Crippen LogP contribution in [0.4, 0.5) is 0 Å². The lowest BCUT2D eigenvalue weighted by molar-refractivity contribution is -0.141. The Morgan fingerprint density at radius 2 is 2.36 bits per heavy atom. The summed E-state index contributed by atoms with van der Waals surface area (Å²) >= 11 is 7.23. The van der Waals surface area contributed by atoms with Gasteiger partial charge in [0, 0.05) is 4.88 Å². The average Bonchev–Trinajstić information content (AvgIpc) is 2.50. The minimum Gasteiger partial charge on any atom is -0.481 e. The van der Waals surface area contributed by atoms with Crippen LogP contribution in [0.3, 0.4) is 0 Å². The number of carbonyl (C=O) groups is 1. The second-order valence-corrected chi connectivity index (χ2v) is 5.03. The van der Waals surface area contributed by atoms with Gasteiger partial charge < -0.3 is 5.11 Å². The summed E-state index contributed by atoms with van der Waals surface area (Å²) in [6.07, 6.45) is 2.22. The van der Waals surface area contributed by atoms with Gasteiger partial charge in [0.15, 0.2) is 0 Å². The Bertz CT molecular complexity index is 309. The van der Waals surface area contributed by atoms with Gasteiger partial charge in [-0.25, -0.2) is 0 Å². The van der Waals surface area contributed by atoms with Crippen LogP contribution < -0.4 is 0 Å². The fraction of sp³-hybridized carbons (Fsp3) is 0.500.